The molecule has 1 aliphatic rings. The van der Waals surface area contributed by atoms with Crippen molar-refractivity contribution in [1.82, 2.24) is 4.48 Å². The predicted molar refractivity (Wildman–Crippen MR) is 86.1 cm³/mol. The minimum absolute atomic E-state index is 0.598. The number of hydrogen-bond donors (Lipinski definition) is 0. The number of allylic oxidation sites excluding steroid dienone is 3. The zero-order chi connectivity index (χ0) is 16.1. The highest BCUT2D eigenvalue weighted by Crippen LogP contribution is 2.35. The third-order valence-electron chi connectivity index (χ3n) is 4.71. The number of halogens is 2. The first-order chi connectivity index (χ1) is 9.68. The molecule has 0 aliphatic carbocycles. The van der Waals surface area contributed by atoms with E-state index in [-0.39, 0.29) is 0 Å². The lowest BCUT2D eigenvalue weighted by Gasteiger charge is -2.12. The molecule has 0 spiro atoms. The lowest BCUT2D eigenvalue weighted by molar-refractivity contribution is 0.623. The van der Waals surface area contributed by atoms with E-state index in [9.17, 15) is 8.63 Å². The lowest BCUT2D eigenvalue weighted by Crippen LogP contribution is -2.17. The first-order valence-corrected chi connectivity index (χ1v) is 7.09. The molecule has 0 unspecified atom stereocenters. The van der Waals surface area contributed by atoms with Crippen molar-refractivity contribution in [3.05, 3.63) is 39.4 Å². The van der Waals surface area contributed by atoms with E-state index >= 15 is 0 Å². The van der Waals surface area contributed by atoms with Gasteiger partial charge in [-0.2, -0.15) is 0 Å². The number of nitrogens with zero attached hydrogens (tertiary/aromatic N) is 2. The molecular formula is C16H21BF2N2. The summed E-state index contributed by atoms with van der Waals surface area (Å²) in [6.45, 7) is 13.4. The Morgan fingerprint density at radius 3 is 1.95 bits per heavy atom. The second kappa shape index (κ2) is 5.28. The Hall–Kier alpha value is -1.65. The molecule has 2 heterocycles. The molecule has 112 valence electrons. The molecule has 0 atom stereocenters. The Morgan fingerprint density at radius 2 is 1.52 bits per heavy atom. The van der Waals surface area contributed by atoms with E-state index in [0.29, 0.717) is 11.4 Å². The molecule has 0 fully saturated rings. The van der Waals surface area contributed by atoms with E-state index in [1.165, 1.54) is 0 Å². The quantitative estimate of drug-likeness (QED) is 0.701. The molecule has 2 rings (SSSR count). The maximum atomic E-state index is 13.5. The van der Waals surface area contributed by atoms with Crippen LogP contribution in [0.5, 0.6) is 0 Å². The molecule has 0 bridgehead atoms. The van der Waals surface area contributed by atoms with Crippen LogP contribution in [0.15, 0.2) is 21.8 Å². The SMILES string of the molecule is CC1=N/C(=C(/C)c2c(C)c(C)c(C)n2B(F)F)C(C)=C1C. The van der Waals surface area contributed by atoms with Gasteiger partial charge < -0.3 is 4.48 Å². The molecule has 1 aromatic heterocycles. The standard InChI is InChI=1S/C16H21BF2N2/c1-8-10(3)15(20-13(8)6)12(5)16-11(4)9(2)14(7)21(16)17(18)19/h1-7H3/b15-12-. The van der Waals surface area contributed by atoms with Gasteiger partial charge in [0.25, 0.3) is 0 Å². The summed E-state index contributed by atoms with van der Waals surface area (Å²) < 4.78 is 28.1. The Morgan fingerprint density at radius 1 is 0.952 bits per heavy atom. The van der Waals surface area contributed by atoms with E-state index in [0.717, 1.165) is 43.7 Å². The molecule has 1 aromatic rings. The Balaban J connectivity index is 2.78. The van der Waals surface area contributed by atoms with Crippen LogP contribution in [-0.2, 0) is 0 Å². The van der Waals surface area contributed by atoms with E-state index < -0.39 is 7.40 Å². The van der Waals surface area contributed by atoms with Crippen LogP contribution in [0, 0.1) is 20.8 Å². The molecule has 0 aromatic carbocycles. The maximum absolute atomic E-state index is 13.5. The van der Waals surface area contributed by atoms with Crippen molar-refractivity contribution >= 4 is 18.7 Å². The monoisotopic (exact) mass is 290 g/mol. The van der Waals surface area contributed by atoms with Crippen LogP contribution in [0.25, 0.3) is 5.57 Å². The summed E-state index contributed by atoms with van der Waals surface area (Å²) in [5, 5.41) is 0. The van der Waals surface area contributed by atoms with Gasteiger partial charge in [-0.15, -0.1) is 0 Å². The van der Waals surface area contributed by atoms with Gasteiger partial charge >= 0.3 is 7.40 Å². The van der Waals surface area contributed by atoms with Gasteiger partial charge in [-0.05, 0) is 76.3 Å². The van der Waals surface area contributed by atoms with E-state index in [2.05, 4.69) is 4.99 Å². The van der Waals surface area contributed by atoms with Gasteiger partial charge in [0, 0.05) is 17.1 Å². The molecule has 1 aliphatic heterocycles. The third-order valence-corrected chi connectivity index (χ3v) is 4.71. The average molecular weight is 290 g/mol. The highest BCUT2D eigenvalue weighted by molar-refractivity contribution is 6.41. The van der Waals surface area contributed by atoms with Gasteiger partial charge in [-0.3, -0.25) is 13.6 Å². The summed E-state index contributed by atoms with van der Waals surface area (Å²) in [6, 6.07) is 0. The number of rotatable bonds is 2. The highest BCUT2D eigenvalue weighted by Gasteiger charge is 2.29. The molecule has 0 radical (unpaired) electrons. The number of aromatic nitrogens is 1. The summed E-state index contributed by atoms with van der Waals surface area (Å²) >= 11 is 0. The van der Waals surface area contributed by atoms with Crippen molar-refractivity contribution in [2.75, 3.05) is 0 Å². The summed E-state index contributed by atoms with van der Waals surface area (Å²) in [5.74, 6) is 0. The topological polar surface area (TPSA) is 17.3 Å². The predicted octanol–water partition coefficient (Wildman–Crippen LogP) is 4.73. The molecular weight excluding hydrogens is 269 g/mol. The van der Waals surface area contributed by atoms with Gasteiger partial charge in [0.1, 0.15) is 0 Å². The van der Waals surface area contributed by atoms with E-state index in [1.54, 1.807) is 6.92 Å². The van der Waals surface area contributed by atoms with Crippen molar-refractivity contribution in [2.45, 2.75) is 48.5 Å². The molecule has 0 amide bonds. The van der Waals surface area contributed by atoms with Crippen molar-refractivity contribution in [3.63, 3.8) is 0 Å². The van der Waals surface area contributed by atoms with Gasteiger partial charge in [0.05, 0.1) is 5.70 Å². The highest BCUT2D eigenvalue weighted by atomic mass is 19.2. The fourth-order valence-corrected chi connectivity index (χ4v) is 2.95. The largest absolute Gasteiger partial charge is 0.677 e. The second-order valence-electron chi connectivity index (χ2n) is 5.75. The smallest absolute Gasteiger partial charge is 0.329 e. The minimum Gasteiger partial charge on any atom is -0.329 e. The van der Waals surface area contributed by atoms with Crippen molar-refractivity contribution in [2.24, 2.45) is 4.99 Å². The first-order valence-electron chi connectivity index (χ1n) is 7.09. The number of hydrogen-bond acceptors (Lipinski definition) is 1. The van der Waals surface area contributed by atoms with E-state index in [1.807, 2.05) is 41.5 Å². The van der Waals surface area contributed by atoms with Crippen LogP contribution in [0.1, 0.15) is 50.2 Å². The van der Waals surface area contributed by atoms with Crippen molar-refractivity contribution < 1.29 is 8.63 Å². The maximum Gasteiger partial charge on any atom is 0.677 e. The zero-order valence-corrected chi connectivity index (χ0v) is 13.7. The summed E-state index contributed by atoms with van der Waals surface area (Å²) in [6.07, 6.45) is 0. The number of aliphatic imine (C=N–C) groups is 1. The summed E-state index contributed by atoms with van der Waals surface area (Å²) in [5.41, 5.74) is 7.85. The Labute approximate surface area is 125 Å². The molecule has 0 N–H and O–H groups in total. The van der Waals surface area contributed by atoms with Crippen LogP contribution >= 0.6 is 0 Å². The van der Waals surface area contributed by atoms with Crippen LogP contribution in [-0.4, -0.2) is 17.6 Å². The molecule has 0 saturated carbocycles. The Kier molecular flexibility index (Phi) is 3.96. The van der Waals surface area contributed by atoms with E-state index in [4.69, 9.17) is 0 Å². The van der Waals surface area contributed by atoms with Gasteiger partial charge in [-0.25, -0.2) is 0 Å². The average Bonchev–Trinajstić information content (AvgIpc) is 2.80. The van der Waals surface area contributed by atoms with Crippen LogP contribution in [0.2, 0.25) is 0 Å². The minimum atomic E-state index is -2.54. The fourth-order valence-electron chi connectivity index (χ4n) is 2.95. The van der Waals surface area contributed by atoms with Crippen LogP contribution in [0.4, 0.5) is 8.63 Å². The van der Waals surface area contributed by atoms with Crippen molar-refractivity contribution in [1.29, 1.82) is 0 Å². The summed E-state index contributed by atoms with van der Waals surface area (Å²) in [4.78, 5) is 4.57. The lowest BCUT2D eigenvalue weighted by atomic mass is 10.0. The molecule has 5 heteroatoms. The van der Waals surface area contributed by atoms with Gasteiger partial charge in [-0.1, -0.05) is 0 Å². The molecule has 21 heavy (non-hydrogen) atoms. The van der Waals surface area contributed by atoms with Gasteiger partial charge in [0.2, 0.25) is 0 Å². The summed E-state index contributed by atoms with van der Waals surface area (Å²) in [7, 11) is -2.54. The molecule has 0 saturated heterocycles. The Bertz CT molecular complexity index is 706. The zero-order valence-electron chi connectivity index (χ0n) is 13.7. The molecule has 2 nitrogen and oxygen atoms in total. The van der Waals surface area contributed by atoms with Crippen LogP contribution in [0.3, 0.4) is 0 Å². The second-order valence-corrected chi connectivity index (χ2v) is 5.75. The first kappa shape index (κ1) is 15.7. The van der Waals surface area contributed by atoms with Crippen molar-refractivity contribution in [3.8, 4) is 0 Å². The van der Waals surface area contributed by atoms with Gasteiger partial charge in [0.15, 0.2) is 0 Å². The third kappa shape index (κ3) is 2.28. The van der Waals surface area contributed by atoms with Crippen LogP contribution < -0.4 is 0 Å². The fraction of sp³-hybridized carbons (Fsp3) is 0.438. The normalized spacial score (nSPS) is 17.5.